The summed E-state index contributed by atoms with van der Waals surface area (Å²) >= 11 is 2.06. The van der Waals surface area contributed by atoms with E-state index in [1.54, 1.807) is 18.2 Å². The summed E-state index contributed by atoms with van der Waals surface area (Å²) in [6.07, 6.45) is -1.30. The lowest BCUT2D eigenvalue weighted by Gasteiger charge is -2.23. The van der Waals surface area contributed by atoms with Gasteiger partial charge in [0.25, 0.3) is 0 Å². The molecule has 2 nitrogen and oxygen atoms in total. The standard InChI is InChI=1S/C16H21F3INOSi/c1-23(2,3)11-7-6-10-21(15(22)16(17,18)19)12-13-8-4-5-9-14(13)20/h4-9H,10-12H2,1-3H3/b7-6-. The molecule has 0 N–H and O–H groups in total. The molecule has 128 valence electrons. The van der Waals surface area contributed by atoms with Crippen LogP contribution in [-0.4, -0.2) is 31.6 Å². The van der Waals surface area contributed by atoms with Gasteiger partial charge in [0.05, 0.1) is 0 Å². The van der Waals surface area contributed by atoms with Gasteiger partial charge in [-0.2, -0.15) is 13.2 Å². The van der Waals surface area contributed by atoms with Crippen molar-refractivity contribution in [2.45, 2.75) is 38.4 Å². The van der Waals surface area contributed by atoms with E-state index < -0.39 is 20.2 Å². The number of carbonyl (C=O) groups excluding carboxylic acids is 1. The van der Waals surface area contributed by atoms with Gasteiger partial charge in [-0.25, -0.2) is 0 Å². The Kier molecular flexibility index (Phi) is 7.31. The molecule has 0 radical (unpaired) electrons. The molecule has 0 spiro atoms. The van der Waals surface area contributed by atoms with Crippen molar-refractivity contribution in [2.24, 2.45) is 0 Å². The average Bonchev–Trinajstić information content (AvgIpc) is 2.41. The summed E-state index contributed by atoms with van der Waals surface area (Å²) in [5.41, 5.74) is 0.712. The lowest BCUT2D eigenvalue weighted by atomic mass is 10.2. The Morgan fingerprint density at radius 1 is 1.22 bits per heavy atom. The molecule has 0 heterocycles. The number of carbonyl (C=O) groups is 1. The van der Waals surface area contributed by atoms with Crippen LogP contribution in [0, 0.1) is 3.57 Å². The predicted octanol–water partition coefficient (Wildman–Crippen LogP) is 5.08. The van der Waals surface area contributed by atoms with Gasteiger partial charge in [-0.15, -0.1) is 0 Å². The van der Waals surface area contributed by atoms with E-state index in [-0.39, 0.29) is 13.1 Å². The molecule has 0 bridgehead atoms. The Bertz CT molecular complexity index is 567. The third kappa shape index (κ3) is 7.52. The van der Waals surface area contributed by atoms with E-state index in [9.17, 15) is 18.0 Å². The van der Waals surface area contributed by atoms with E-state index in [0.29, 0.717) is 5.56 Å². The van der Waals surface area contributed by atoms with E-state index in [0.717, 1.165) is 14.5 Å². The molecule has 0 unspecified atom stereocenters. The normalized spacial score (nSPS) is 12.7. The van der Waals surface area contributed by atoms with Gasteiger partial charge in [-0.1, -0.05) is 50.0 Å². The fraction of sp³-hybridized carbons (Fsp3) is 0.438. The molecule has 1 aromatic rings. The molecule has 0 aliphatic rings. The minimum Gasteiger partial charge on any atom is -0.327 e. The maximum Gasteiger partial charge on any atom is 0.471 e. The first-order valence-corrected chi connectivity index (χ1v) is 12.0. The van der Waals surface area contributed by atoms with E-state index in [1.165, 1.54) is 0 Å². The number of allylic oxidation sites excluding steroid dienone is 1. The van der Waals surface area contributed by atoms with Crippen LogP contribution in [0.5, 0.6) is 0 Å². The Hall–Kier alpha value is -0.833. The topological polar surface area (TPSA) is 20.3 Å². The maximum atomic E-state index is 12.8. The summed E-state index contributed by atoms with van der Waals surface area (Å²) in [5, 5.41) is 0. The van der Waals surface area contributed by atoms with Gasteiger partial charge in [-0.05, 0) is 40.3 Å². The number of benzene rings is 1. The van der Waals surface area contributed by atoms with Crippen LogP contribution in [-0.2, 0) is 11.3 Å². The highest BCUT2D eigenvalue weighted by atomic mass is 127. The lowest BCUT2D eigenvalue weighted by Crippen LogP contribution is -2.40. The number of hydrogen-bond acceptors (Lipinski definition) is 1. The molecule has 0 fully saturated rings. The number of rotatable bonds is 6. The average molecular weight is 455 g/mol. The van der Waals surface area contributed by atoms with Crippen molar-refractivity contribution in [3.63, 3.8) is 0 Å². The second kappa shape index (κ2) is 8.32. The van der Waals surface area contributed by atoms with Crippen molar-refractivity contribution in [1.29, 1.82) is 0 Å². The zero-order valence-corrected chi connectivity index (χ0v) is 16.6. The molecule has 0 saturated carbocycles. The number of nitrogens with zero attached hydrogens (tertiary/aromatic N) is 1. The van der Waals surface area contributed by atoms with Gasteiger partial charge in [0.1, 0.15) is 0 Å². The summed E-state index contributed by atoms with van der Waals surface area (Å²) in [6.45, 7) is 6.47. The van der Waals surface area contributed by atoms with Crippen molar-refractivity contribution in [3.05, 3.63) is 45.6 Å². The first-order chi connectivity index (χ1) is 10.5. The van der Waals surface area contributed by atoms with Gasteiger partial charge < -0.3 is 4.90 Å². The van der Waals surface area contributed by atoms with Gasteiger partial charge in [0.2, 0.25) is 0 Å². The molecule has 1 rings (SSSR count). The second-order valence-corrected chi connectivity index (χ2v) is 13.2. The van der Waals surface area contributed by atoms with Crippen molar-refractivity contribution >= 4 is 36.6 Å². The van der Waals surface area contributed by atoms with Crippen LogP contribution >= 0.6 is 22.6 Å². The molecule has 1 aromatic carbocycles. The highest BCUT2D eigenvalue weighted by Gasteiger charge is 2.42. The van der Waals surface area contributed by atoms with Crippen LogP contribution in [0.15, 0.2) is 36.4 Å². The van der Waals surface area contributed by atoms with Gasteiger partial charge in [-0.3, -0.25) is 4.79 Å². The van der Waals surface area contributed by atoms with Gasteiger partial charge in [0.15, 0.2) is 0 Å². The molecule has 7 heteroatoms. The van der Waals surface area contributed by atoms with Crippen LogP contribution in [0.25, 0.3) is 0 Å². The summed E-state index contributed by atoms with van der Waals surface area (Å²) in [5.74, 6) is -1.80. The highest BCUT2D eigenvalue weighted by molar-refractivity contribution is 14.1. The first-order valence-electron chi connectivity index (χ1n) is 7.25. The third-order valence-electron chi connectivity index (χ3n) is 3.07. The molecule has 0 atom stereocenters. The molecular weight excluding hydrogens is 434 g/mol. The van der Waals surface area contributed by atoms with Crippen LogP contribution in [0.4, 0.5) is 13.2 Å². The SMILES string of the molecule is C[Si](C)(C)C/C=C\CN(Cc1ccccc1I)C(=O)C(F)(F)F. The Balaban J connectivity index is 2.86. The zero-order valence-electron chi connectivity index (χ0n) is 13.5. The predicted molar refractivity (Wildman–Crippen MR) is 97.9 cm³/mol. The smallest absolute Gasteiger partial charge is 0.327 e. The molecular formula is C16H21F3INOSi. The summed E-state index contributed by atoms with van der Waals surface area (Å²) in [4.78, 5) is 12.5. The fourth-order valence-electron chi connectivity index (χ4n) is 1.87. The lowest BCUT2D eigenvalue weighted by molar-refractivity contribution is -0.185. The Morgan fingerprint density at radius 3 is 2.35 bits per heavy atom. The second-order valence-electron chi connectivity index (χ2n) is 6.51. The van der Waals surface area contributed by atoms with E-state index >= 15 is 0 Å². The van der Waals surface area contributed by atoms with Gasteiger partial charge in [0, 0.05) is 24.7 Å². The number of amides is 1. The van der Waals surface area contributed by atoms with Crippen LogP contribution in [0.2, 0.25) is 25.7 Å². The molecule has 1 amide bonds. The summed E-state index contributed by atoms with van der Waals surface area (Å²) in [7, 11) is -1.29. The zero-order chi connectivity index (χ0) is 17.7. The van der Waals surface area contributed by atoms with Crippen LogP contribution in [0.1, 0.15) is 5.56 Å². The monoisotopic (exact) mass is 455 g/mol. The molecule has 23 heavy (non-hydrogen) atoms. The van der Waals surface area contributed by atoms with Crippen molar-refractivity contribution in [3.8, 4) is 0 Å². The number of hydrogen-bond donors (Lipinski definition) is 0. The molecule has 0 saturated heterocycles. The fourth-order valence-corrected chi connectivity index (χ4v) is 3.30. The summed E-state index contributed by atoms with van der Waals surface area (Å²) < 4.78 is 39.2. The van der Waals surface area contributed by atoms with Crippen molar-refractivity contribution in [1.82, 2.24) is 4.90 Å². The van der Waals surface area contributed by atoms with Gasteiger partial charge >= 0.3 is 12.1 Å². The minimum absolute atomic E-state index is 0.0339. The van der Waals surface area contributed by atoms with E-state index in [2.05, 4.69) is 42.2 Å². The molecule has 0 aromatic heterocycles. The maximum absolute atomic E-state index is 12.8. The van der Waals surface area contributed by atoms with E-state index in [1.807, 2.05) is 18.2 Å². The third-order valence-corrected chi connectivity index (χ3v) is 5.58. The van der Waals surface area contributed by atoms with Crippen LogP contribution < -0.4 is 0 Å². The summed E-state index contributed by atoms with van der Waals surface area (Å²) in [6, 6.07) is 8.01. The van der Waals surface area contributed by atoms with E-state index in [4.69, 9.17) is 0 Å². The quantitative estimate of drug-likeness (QED) is 0.333. The Morgan fingerprint density at radius 2 is 1.83 bits per heavy atom. The van der Waals surface area contributed by atoms with Crippen LogP contribution in [0.3, 0.4) is 0 Å². The number of halogens is 4. The molecule has 0 aliphatic heterocycles. The highest BCUT2D eigenvalue weighted by Crippen LogP contribution is 2.22. The Labute approximate surface area is 149 Å². The largest absolute Gasteiger partial charge is 0.471 e. The van der Waals surface area contributed by atoms with Crippen molar-refractivity contribution in [2.75, 3.05) is 6.54 Å². The number of alkyl halides is 3. The van der Waals surface area contributed by atoms with Crippen molar-refractivity contribution < 1.29 is 18.0 Å². The first kappa shape index (κ1) is 20.2. The minimum atomic E-state index is -4.85. The molecule has 0 aliphatic carbocycles.